The molecule has 0 aliphatic carbocycles. The van der Waals surface area contributed by atoms with Gasteiger partial charge >= 0.3 is 0 Å². The third-order valence-electron chi connectivity index (χ3n) is 2.46. The van der Waals surface area contributed by atoms with E-state index in [4.69, 9.17) is 0 Å². The zero-order valence-corrected chi connectivity index (χ0v) is 11.2. The molecule has 0 bridgehead atoms. The lowest BCUT2D eigenvalue weighted by atomic mass is 10.1. The minimum Gasteiger partial charge on any atom is -0.387 e. The molecule has 1 aromatic rings. The molecule has 1 atom stereocenters. The summed E-state index contributed by atoms with van der Waals surface area (Å²) in [6, 6.07) is 2.65. The second kappa shape index (κ2) is 6.08. The van der Waals surface area contributed by atoms with Crippen molar-refractivity contribution in [2.24, 2.45) is 0 Å². The topological polar surface area (TPSA) is 52.6 Å². The van der Waals surface area contributed by atoms with E-state index < -0.39 is 23.1 Å². The highest BCUT2D eigenvalue weighted by Crippen LogP contribution is 2.10. The van der Waals surface area contributed by atoms with Gasteiger partial charge in [0.1, 0.15) is 11.6 Å². The molecule has 0 fully saturated rings. The Morgan fingerprint density at radius 1 is 1.42 bits per heavy atom. The normalized spacial score (nSPS) is 14.3. The standard InChI is InChI=1S/C13H18F2N2O2/c1-13(19,8-17(2)3)7-16-12(18)10-6-9(14)4-5-11(10)15/h4-6,19H,7-8H2,1-3H3,(H,16,18). The Balaban J connectivity index is 2.68. The van der Waals surface area contributed by atoms with Gasteiger partial charge in [-0.1, -0.05) is 0 Å². The molecule has 0 saturated carbocycles. The molecule has 1 rings (SSSR count). The molecule has 0 heterocycles. The SMILES string of the molecule is CN(C)CC(C)(O)CNC(=O)c1cc(F)ccc1F. The van der Waals surface area contributed by atoms with Crippen LogP contribution in [0.4, 0.5) is 8.78 Å². The molecule has 0 aliphatic heterocycles. The molecule has 1 amide bonds. The zero-order chi connectivity index (χ0) is 14.6. The molecule has 4 nitrogen and oxygen atoms in total. The summed E-state index contributed by atoms with van der Waals surface area (Å²) in [5, 5.41) is 12.4. The molecular formula is C13H18F2N2O2. The van der Waals surface area contributed by atoms with Gasteiger partial charge in [0.2, 0.25) is 0 Å². The molecule has 0 saturated heterocycles. The second-order valence-corrected chi connectivity index (χ2v) is 5.04. The summed E-state index contributed by atoms with van der Waals surface area (Å²) in [4.78, 5) is 13.5. The van der Waals surface area contributed by atoms with Crippen molar-refractivity contribution in [3.63, 3.8) is 0 Å². The van der Waals surface area contributed by atoms with Gasteiger partial charge in [0.05, 0.1) is 11.2 Å². The highest BCUT2D eigenvalue weighted by molar-refractivity contribution is 5.94. The molecule has 1 aromatic carbocycles. The number of hydrogen-bond acceptors (Lipinski definition) is 3. The van der Waals surface area contributed by atoms with Crippen molar-refractivity contribution in [2.45, 2.75) is 12.5 Å². The van der Waals surface area contributed by atoms with Crippen molar-refractivity contribution in [3.05, 3.63) is 35.4 Å². The minimum absolute atomic E-state index is 0.0556. The highest BCUT2D eigenvalue weighted by atomic mass is 19.1. The highest BCUT2D eigenvalue weighted by Gasteiger charge is 2.23. The fourth-order valence-electron chi connectivity index (χ4n) is 1.77. The van der Waals surface area contributed by atoms with Crippen LogP contribution in [0.3, 0.4) is 0 Å². The average Bonchev–Trinajstić information content (AvgIpc) is 2.27. The van der Waals surface area contributed by atoms with E-state index in [1.807, 2.05) is 0 Å². The van der Waals surface area contributed by atoms with Crippen LogP contribution in [0.15, 0.2) is 18.2 Å². The molecule has 19 heavy (non-hydrogen) atoms. The van der Waals surface area contributed by atoms with Crippen LogP contribution in [0, 0.1) is 11.6 Å². The Bertz CT molecular complexity index is 462. The molecule has 1 unspecified atom stereocenters. The summed E-state index contributed by atoms with van der Waals surface area (Å²) in [6.07, 6.45) is 0. The summed E-state index contributed by atoms with van der Waals surface area (Å²) in [7, 11) is 3.56. The lowest BCUT2D eigenvalue weighted by Gasteiger charge is -2.27. The smallest absolute Gasteiger partial charge is 0.254 e. The van der Waals surface area contributed by atoms with Gasteiger partial charge in [-0.25, -0.2) is 8.78 Å². The third-order valence-corrected chi connectivity index (χ3v) is 2.46. The van der Waals surface area contributed by atoms with E-state index in [0.29, 0.717) is 6.54 Å². The third kappa shape index (κ3) is 4.92. The van der Waals surface area contributed by atoms with Gasteiger partial charge in [-0.3, -0.25) is 4.79 Å². The summed E-state index contributed by atoms with van der Waals surface area (Å²) in [6.45, 7) is 1.83. The molecule has 6 heteroatoms. The van der Waals surface area contributed by atoms with E-state index in [-0.39, 0.29) is 12.1 Å². The van der Waals surface area contributed by atoms with E-state index in [9.17, 15) is 18.7 Å². The van der Waals surface area contributed by atoms with Crippen molar-refractivity contribution in [1.29, 1.82) is 0 Å². The first-order valence-electron chi connectivity index (χ1n) is 5.82. The van der Waals surface area contributed by atoms with Gasteiger partial charge in [0.25, 0.3) is 5.91 Å². The molecule has 0 radical (unpaired) electrons. The first-order chi connectivity index (χ1) is 8.71. The number of nitrogens with one attached hydrogen (secondary N) is 1. The van der Waals surface area contributed by atoms with Crippen molar-refractivity contribution >= 4 is 5.91 Å². The van der Waals surface area contributed by atoms with E-state index in [1.54, 1.807) is 25.9 Å². The van der Waals surface area contributed by atoms with E-state index >= 15 is 0 Å². The van der Waals surface area contributed by atoms with Crippen molar-refractivity contribution in [3.8, 4) is 0 Å². The predicted molar refractivity (Wildman–Crippen MR) is 67.9 cm³/mol. The Kier molecular flexibility index (Phi) is 4.97. The molecule has 106 valence electrons. The number of benzene rings is 1. The van der Waals surface area contributed by atoms with Crippen LogP contribution in [0.1, 0.15) is 17.3 Å². The number of likely N-dealkylation sites (N-methyl/N-ethyl adjacent to an activating group) is 1. The minimum atomic E-state index is -1.15. The van der Waals surface area contributed by atoms with Crippen molar-refractivity contribution < 1.29 is 18.7 Å². The molecular weight excluding hydrogens is 254 g/mol. The number of amides is 1. The quantitative estimate of drug-likeness (QED) is 0.841. The fraction of sp³-hybridized carbons (Fsp3) is 0.462. The van der Waals surface area contributed by atoms with Crippen molar-refractivity contribution in [1.82, 2.24) is 10.2 Å². The summed E-state index contributed by atoms with van der Waals surface area (Å²) < 4.78 is 26.3. The molecule has 0 aromatic heterocycles. The zero-order valence-electron chi connectivity index (χ0n) is 11.2. The first-order valence-corrected chi connectivity index (χ1v) is 5.82. The largest absolute Gasteiger partial charge is 0.387 e. The number of carbonyl (C=O) groups is 1. The monoisotopic (exact) mass is 272 g/mol. The maximum Gasteiger partial charge on any atom is 0.254 e. The molecule has 0 aliphatic rings. The van der Waals surface area contributed by atoms with E-state index in [0.717, 1.165) is 18.2 Å². The van der Waals surface area contributed by atoms with Gasteiger partial charge in [-0.05, 0) is 39.2 Å². The fourth-order valence-corrected chi connectivity index (χ4v) is 1.77. The Morgan fingerprint density at radius 3 is 2.63 bits per heavy atom. The summed E-state index contributed by atoms with van der Waals surface area (Å²) in [5.41, 5.74) is -1.52. The predicted octanol–water partition coefficient (Wildman–Crippen LogP) is 1.01. The Morgan fingerprint density at radius 2 is 2.05 bits per heavy atom. The number of nitrogens with zero attached hydrogens (tertiary/aromatic N) is 1. The lowest BCUT2D eigenvalue weighted by molar-refractivity contribution is 0.0325. The number of rotatable bonds is 5. The van der Waals surface area contributed by atoms with Gasteiger partial charge in [-0.15, -0.1) is 0 Å². The maximum atomic E-state index is 13.4. The van der Waals surface area contributed by atoms with Crippen LogP contribution >= 0.6 is 0 Å². The number of hydrogen-bond donors (Lipinski definition) is 2. The summed E-state index contributed by atoms with van der Waals surface area (Å²) >= 11 is 0. The van der Waals surface area contributed by atoms with Gasteiger partial charge in [-0.2, -0.15) is 0 Å². The van der Waals surface area contributed by atoms with E-state index in [2.05, 4.69) is 5.32 Å². The van der Waals surface area contributed by atoms with Gasteiger partial charge in [0.15, 0.2) is 0 Å². The number of carbonyl (C=O) groups excluding carboxylic acids is 1. The van der Waals surface area contributed by atoms with Crippen LogP contribution < -0.4 is 5.32 Å². The second-order valence-electron chi connectivity index (χ2n) is 5.04. The van der Waals surface area contributed by atoms with Crippen molar-refractivity contribution in [2.75, 3.05) is 27.2 Å². The van der Waals surface area contributed by atoms with Gasteiger partial charge in [0, 0.05) is 13.1 Å². The van der Waals surface area contributed by atoms with Crippen LogP contribution in [0.25, 0.3) is 0 Å². The van der Waals surface area contributed by atoms with Crippen LogP contribution in [-0.4, -0.2) is 48.7 Å². The first kappa shape index (κ1) is 15.5. The van der Waals surface area contributed by atoms with Gasteiger partial charge < -0.3 is 15.3 Å². The lowest BCUT2D eigenvalue weighted by Crippen LogP contribution is -2.47. The van der Waals surface area contributed by atoms with Crippen LogP contribution in [-0.2, 0) is 0 Å². The maximum absolute atomic E-state index is 13.4. The molecule has 0 spiro atoms. The number of aliphatic hydroxyl groups is 1. The van der Waals surface area contributed by atoms with Crippen LogP contribution in [0.2, 0.25) is 0 Å². The van der Waals surface area contributed by atoms with E-state index in [1.165, 1.54) is 0 Å². The average molecular weight is 272 g/mol. The Labute approximate surface area is 111 Å². The number of halogens is 2. The Hall–Kier alpha value is -1.53. The molecule has 2 N–H and O–H groups in total. The van der Waals surface area contributed by atoms with Crippen LogP contribution in [0.5, 0.6) is 0 Å². The summed E-state index contributed by atoms with van der Waals surface area (Å²) in [5.74, 6) is -2.24.